The maximum Gasteiger partial charge on any atom is 0.243 e. The lowest BCUT2D eigenvalue weighted by molar-refractivity contribution is 0.213. The number of nitrogens with zero attached hydrogens (tertiary/aromatic N) is 4. The molecular weight excluding hydrogens is 268 g/mol. The van der Waals surface area contributed by atoms with Crippen LogP contribution in [0.1, 0.15) is 12.8 Å². The fraction of sp³-hybridized carbons (Fsp3) is 0.455. The van der Waals surface area contributed by atoms with Gasteiger partial charge < -0.3 is 5.11 Å². The van der Waals surface area contributed by atoms with Crippen molar-refractivity contribution in [3.05, 3.63) is 34.7 Å². The highest BCUT2D eigenvalue weighted by molar-refractivity contribution is 7.89. The Bertz CT molecular complexity index is 610. The summed E-state index contributed by atoms with van der Waals surface area (Å²) in [4.78, 5) is 2.62. The van der Waals surface area contributed by atoms with Crippen LogP contribution >= 0.6 is 0 Å². The Morgan fingerprint density at radius 1 is 1.47 bits per heavy atom. The molecule has 0 spiro atoms. The van der Waals surface area contributed by atoms with Gasteiger partial charge in [-0.25, -0.2) is 8.42 Å². The summed E-state index contributed by atoms with van der Waals surface area (Å²) in [5, 5.41) is 12.6. The minimum absolute atomic E-state index is 0.0202. The minimum Gasteiger partial charge on any atom is -0.395 e. The molecule has 1 aromatic carbocycles. The fourth-order valence-corrected chi connectivity index (χ4v) is 4.05. The van der Waals surface area contributed by atoms with Gasteiger partial charge in [0.25, 0.3) is 0 Å². The lowest BCUT2D eigenvalue weighted by Crippen LogP contribution is -2.37. The first-order valence-corrected chi connectivity index (χ1v) is 7.32. The van der Waals surface area contributed by atoms with Crippen molar-refractivity contribution in [1.29, 1.82) is 0 Å². The molecule has 1 heterocycles. The molecular formula is C11H14N4O3S. The molecule has 1 aliphatic rings. The second-order valence-corrected chi connectivity index (χ2v) is 6.11. The quantitative estimate of drug-likeness (QED) is 0.516. The van der Waals surface area contributed by atoms with Gasteiger partial charge in [0.1, 0.15) is 0 Å². The van der Waals surface area contributed by atoms with Crippen molar-refractivity contribution in [3.8, 4) is 0 Å². The van der Waals surface area contributed by atoms with Gasteiger partial charge in [-0.1, -0.05) is 23.3 Å². The molecule has 0 radical (unpaired) electrons. The molecule has 8 heteroatoms. The first-order valence-electron chi connectivity index (χ1n) is 5.88. The van der Waals surface area contributed by atoms with E-state index in [2.05, 4.69) is 10.0 Å². The van der Waals surface area contributed by atoms with Crippen LogP contribution in [0.15, 0.2) is 34.3 Å². The molecule has 19 heavy (non-hydrogen) atoms. The van der Waals surface area contributed by atoms with Gasteiger partial charge >= 0.3 is 0 Å². The van der Waals surface area contributed by atoms with Gasteiger partial charge in [0.05, 0.1) is 17.2 Å². The molecule has 1 fully saturated rings. The van der Waals surface area contributed by atoms with Crippen LogP contribution < -0.4 is 0 Å². The van der Waals surface area contributed by atoms with Gasteiger partial charge in [-0.3, -0.25) is 0 Å². The fourth-order valence-electron chi connectivity index (χ4n) is 2.24. The lowest BCUT2D eigenvalue weighted by atomic mass is 10.2. The van der Waals surface area contributed by atoms with Crippen molar-refractivity contribution in [2.24, 2.45) is 5.11 Å². The normalized spacial score (nSPS) is 20.2. The largest absolute Gasteiger partial charge is 0.395 e. The van der Waals surface area contributed by atoms with Crippen LogP contribution in [0.25, 0.3) is 10.4 Å². The molecule has 0 aromatic heterocycles. The smallest absolute Gasteiger partial charge is 0.243 e. The number of aliphatic hydroxyl groups excluding tert-OH is 1. The summed E-state index contributed by atoms with van der Waals surface area (Å²) in [6, 6.07) is 5.65. The molecule has 0 amide bonds. The molecule has 7 nitrogen and oxygen atoms in total. The van der Waals surface area contributed by atoms with Crippen molar-refractivity contribution in [2.45, 2.75) is 23.8 Å². The Morgan fingerprint density at radius 2 is 2.21 bits per heavy atom. The minimum atomic E-state index is -3.74. The van der Waals surface area contributed by atoms with E-state index < -0.39 is 16.1 Å². The number of aliphatic hydroxyl groups is 1. The predicted molar refractivity (Wildman–Crippen MR) is 69.2 cm³/mol. The highest BCUT2D eigenvalue weighted by Crippen LogP contribution is 2.31. The number of benzene rings is 1. The van der Waals surface area contributed by atoms with E-state index in [1.807, 2.05) is 0 Å². The zero-order valence-corrected chi connectivity index (χ0v) is 11.0. The zero-order chi connectivity index (χ0) is 13.9. The Morgan fingerprint density at radius 3 is 2.89 bits per heavy atom. The highest BCUT2D eigenvalue weighted by atomic mass is 32.2. The monoisotopic (exact) mass is 282 g/mol. The standard InChI is InChI=1S/C11H14N4O3S/c12-14-13-10-5-1-2-6-11(10)19(17,18)15-7-3-4-9(15)8-16/h1-2,5-6,9,16H,3-4,7-8H2/t9-/m0/s1. The third-order valence-electron chi connectivity index (χ3n) is 3.14. The van der Waals surface area contributed by atoms with Crippen molar-refractivity contribution in [2.75, 3.05) is 13.2 Å². The van der Waals surface area contributed by atoms with E-state index in [1.54, 1.807) is 12.1 Å². The van der Waals surface area contributed by atoms with E-state index in [-0.39, 0.29) is 17.2 Å². The SMILES string of the molecule is [N-]=[N+]=Nc1ccccc1S(=O)(=O)N1CCC[C@H]1CO. The van der Waals surface area contributed by atoms with E-state index in [0.717, 1.165) is 0 Å². The van der Waals surface area contributed by atoms with Gasteiger partial charge in [0.15, 0.2) is 0 Å². The predicted octanol–water partition coefficient (Wildman–Crippen LogP) is 1.77. The topological polar surface area (TPSA) is 106 Å². The van der Waals surface area contributed by atoms with Crippen molar-refractivity contribution < 1.29 is 13.5 Å². The third kappa shape index (κ3) is 2.57. The summed E-state index contributed by atoms with van der Waals surface area (Å²) in [5.41, 5.74) is 8.56. The van der Waals surface area contributed by atoms with Crippen LogP contribution in [0.3, 0.4) is 0 Å². The lowest BCUT2D eigenvalue weighted by Gasteiger charge is -2.23. The molecule has 2 rings (SSSR count). The molecule has 1 aliphatic heterocycles. The maximum absolute atomic E-state index is 12.5. The van der Waals surface area contributed by atoms with Crippen LogP contribution in [-0.2, 0) is 10.0 Å². The van der Waals surface area contributed by atoms with Crippen molar-refractivity contribution in [3.63, 3.8) is 0 Å². The zero-order valence-electron chi connectivity index (χ0n) is 10.2. The van der Waals surface area contributed by atoms with Crippen LogP contribution in [0, 0.1) is 0 Å². The van der Waals surface area contributed by atoms with E-state index in [4.69, 9.17) is 5.53 Å². The summed E-state index contributed by atoms with van der Waals surface area (Å²) in [5.74, 6) is 0. The van der Waals surface area contributed by atoms with E-state index in [9.17, 15) is 13.5 Å². The Hall–Kier alpha value is -1.60. The van der Waals surface area contributed by atoms with Gasteiger partial charge in [0, 0.05) is 17.5 Å². The second kappa shape index (κ2) is 5.58. The number of hydrogen-bond donors (Lipinski definition) is 1. The summed E-state index contributed by atoms with van der Waals surface area (Å²) >= 11 is 0. The molecule has 0 saturated carbocycles. The van der Waals surface area contributed by atoms with Crippen LogP contribution in [0.4, 0.5) is 5.69 Å². The molecule has 0 bridgehead atoms. The molecule has 0 unspecified atom stereocenters. The summed E-state index contributed by atoms with van der Waals surface area (Å²) in [7, 11) is -3.74. The molecule has 102 valence electrons. The number of sulfonamides is 1. The third-order valence-corrected chi connectivity index (χ3v) is 5.14. The second-order valence-electron chi connectivity index (χ2n) is 4.25. The maximum atomic E-state index is 12.5. The van der Waals surface area contributed by atoms with Gasteiger partial charge in [-0.15, -0.1) is 0 Å². The van der Waals surface area contributed by atoms with E-state index >= 15 is 0 Å². The van der Waals surface area contributed by atoms with Crippen molar-refractivity contribution in [1.82, 2.24) is 4.31 Å². The average molecular weight is 282 g/mol. The van der Waals surface area contributed by atoms with E-state index in [1.165, 1.54) is 16.4 Å². The Kier molecular flexibility index (Phi) is 4.06. The van der Waals surface area contributed by atoms with Gasteiger partial charge in [0.2, 0.25) is 10.0 Å². The van der Waals surface area contributed by atoms with Gasteiger partial charge in [-0.05, 0) is 24.4 Å². The van der Waals surface area contributed by atoms with E-state index in [0.29, 0.717) is 19.4 Å². The van der Waals surface area contributed by atoms with Crippen LogP contribution in [0.5, 0.6) is 0 Å². The Balaban J connectivity index is 2.48. The number of azide groups is 1. The molecule has 1 aromatic rings. The summed E-state index contributed by atoms with van der Waals surface area (Å²) in [6.07, 6.45) is 1.35. The molecule has 1 N–H and O–H groups in total. The van der Waals surface area contributed by atoms with Crippen LogP contribution in [-0.4, -0.2) is 37.0 Å². The molecule has 1 atom stereocenters. The average Bonchev–Trinajstić information content (AvgIpc) is 2.88. The molecule has 1 saturated heterocycles. The number of rotatable bonds is 4. The first-order chi connectivity index (χ1) is 9.11. The van der Waals surface area contributed by atoms with Crippen molar-refractivity contribution >= 4 is 15.7 Å². The summed E-state index contributed by atoms with van der Waals surface area (Å²) in [6.45, 7) is 0.168. The number of hydrogen-bond acceptors (Lipinski definition) is 4. The Labute approximate surface area is 111 Å². The van der Waals surface area contributed by atoms with Gasteiger partial charge in [-0.2, -0.15) is 4.31 Å². The highest BCUT2D eigenvalue weighted by Gasteiger charge is 2.35. The first kappa shape index (κ1) is 13.8. The van der Waals surface area contributed by atoms with Crippen LogP contribution in [0.2, 0.25) is 0 Å². The molecule has 0 aliphatic carbocycles. The summed E-state index contributed by atoms with van der Waals surface area (Å²) < 4.78 is 26.3.